The summed E-state index contributed by atoms with van der Waals surface area (Å²) in [6.45, 7) is 2.69. The molecule has 104 valence electrons. The highest BCUT2D eigenvalue weighted by Gasteiger charge is 2.07. The van der Waals surface area contributed by atoms with Crippen molar-refractivity contribution in [2.75, 3.05) is 20.3 Å². The van der Waals surface area contributed by atoms with Crippen LogP contribution >= 0.6 is 11.6 Å². The van der Waals surface area contributed by atoms with Crippen molar-refractivity contribution >= 4 is 11.6 Å². The Morgan fingerprint density at radius 3 is 3.00 bits per heavy atom. The van der Waals surface area contributed by atoms with Crippen LogP contribution in [0.3, 0.4) is 0 Å². The molecular weight excluding hydrogens is 268 g/mol. The van der Waals surface area contributed by atoms with E-state index < -0.39 is 0 Å². The summed E-state index contributed by atoms with van der Waals surface area (Å²) in [5.74, 6) is 0.841. The second-order valence-electron chi connectivity index (χ2n) is 4.13. The number of hydrogen-bond acceptors (Lipinski definition) is 5. The first kappa shape index (κ1) is 14.0. The van der Waals surface area contributed by atoms with Gasteiger partial charge in [-0.1, -0.05) is 16.8 Å². The molecule has 2 aromatic rings. The van der Waals surface area contributed by atoms with Crippen molar-refractivity contribution in [3.63, 3.8) is 0 Å². The highest BCUT2D eigenvalue weighted by Crippen LogP contribution is 2.09. The summed E-state index contributed by atoms with van der Waals surface area (Å²) < 4.78 is 8.51. The summed E-state index contributed by atoms with van der Waals surface area (Å²) >= 11 is 5.93. The number of aromatic nitrogens is 5. The average molecular weight is 285 g/mol. The second-order valence-corrected chi connectivity index (χ2v) is 4.52. The molecule has 0 amide bonds. The molecule has 0 aliphatic carbocycles. The molecule has 2 heterocycles. The normalized spacial score (nSPS) is 11.1. The van der Waals surface area contributed by atoms with Crippen LogP contribution in [0.4, 0.5) is 0 Å². The zero-order valence-electron chi connectivity index (χ0n) is 11.0. The van der Waals surface area contributed by atoms with Crippen LogP contribution in [0.1, 0.15) is 11.5 Å². The first-order chi connectivity index (χ1) is 9.20. The van der Waals surface area contributed by atoms with E-state index in [0.717, 1.165) is 18.1 Å². The van der Waals surface area contributed by atoms with E-state index in [-0.39, 0.29) is 0 Å². The second kappa shape index (κ2) is 6.65. The summed E-state index contributed by atoms with van der Waals surface area (Å²) in [5.41, 5.74) is 0.886. The first-order valence-corrected chi connectivity index (χ1v) is 6.33. The van der Waals surface area contributed by atoms with Crippen molar-refractivity contribution in [2.45, 2.75) is 13.1 Å². The Balaban J connectivity index is 1.88. The summed E-state index contributed by atoms with van der Waals surface area (Å²) in [5, 5.41) is 12.0. The van der Waals surface area contributed by atoms with Gasteiger partial charge >= 0.3 is 0 Å². The molecule has 2 aromatic heterocycles. The Hall–Kier alpha value is -1.44. The molecule has 0 radical (unpaired) electrons. The molecule has 0 atom stereocenters. The Kier molecular flexibility index (Phi) is 4.89. The zero-order chi connectivity index (χ0) is 13.7. The van der Waals surface area contributed by atoms with Crippen LogP contribution < -0.4 is 5.32 Å². The van der Waals surface area contributed by atoms with E-state index in [1.165, 1.54) is 0 Å². The van der Waals surface area contributed by atoms with Crippen LogP contribution in [-0.4, -0.2) is 44.8 Å². The molecule has 0 saturated heterocycles. The van der Waals surface area contributed by atoms with Gasteiger partial charge in [0.2, 0.25) is 0 Å². The Labute approximate surface area is 116 Å². The van der Waals surface area contributed by atoms with Gasteiger partial charge in [0.25, 0.3) is 0 Å². The van der Waals surface area contributed by atoms with Gasteiger partial charge in [-0.05, 0) is 0 Å². The molecule has 0 saturated carbocycles. The van der Waals surface area contributed by atoms with Gasteiger partial charge in [-0.3, -0.25) is 0 Å². The molecule has 0 bridgehead atoms. The van der Waals surface area contributed by atoms with Gasteiger partial charge in [0.1, 0.15) is 17.5 Å². The fourth-order valence-corrected chi connectivity index (χ4v) is 1.75. The van der Waals surface area contributed by atoms with E-state index in [2.05, 4.69) is 20.6 Å². The summed E-state index contributed by atoms with van der Waals surface area (Å²) in [7, 11) is 3.55. The number of methoxy groups -OCH3 is 1. The van der Waals surface area contributed by atoms with Crippen LogP contribution in [-0.2, 0) is 24.9 Å². The minimum atomic E-state index is 0.550. The van der Waals surface area contributed by atoms with Gasteiger partial charge < -0.3 is 14.6 Å². The molecule has 2 rings (SSSR count). The molecule has 7 nitrogen and oxygen atoms in total. The number of imidazole rings is 1. The van der Waals surface area contributed by atoms with Crippen molar-refractivity contribution < 1.29 is 4.74 Å². The lowest BCUT2D eigenvalue weighted by atomic mass is 10.4. The van der Waals surface area contributed by atoms with Crippen molar-refractivity contribution in [2.24, 2.45) is 7.05 Å². The number of halogens is 1. The van der Waals surface area contributed by atoms with Crippen molar-refractivity contribution in [3.8, 4) is 0 Å². The van der Waals surface area contributed by atoms with E-state index >= 15 is 0 Å². The maximum Gasteiger partial charge on any atom is 0.131 e. The van der Waals surface area contributed by atoms with E-state index in [1.807, 2.05) is 17.8 Å². The fourth-order valence-electron chi connectivity index (χ4n) is 1.60. The van der Waals surface area contributed by atoms with E-state index in [9.17, 15) is 0 Å². The lowest BCUT2D eigenvalue weighted by Gasteiger charge is -2.02. The number of ether oxygens (including phenoxy) is 1. The molecule has 0 aromatic carbocycles. The lowest BCUT2D eigenvalue weighted by molar-refractivity contribution is 0.199. The number of hydrogen-bond donors (Lipinski definition) is 1. The largest absolute Gasteiger partial charge is 0.383 e. The van der Waals surface area contributed by atoms with E-state index in [1.54, 1.807) is 18.0 Å². The smallest absolute Gasteiger partial charge is 0.131 e. The average Bonchev–Trinajstić information content (AvgIpc) is 2.97. The Bertz CT molecular complexity index is 523. The predicted molar refractivity (Wildman–Crippen MR) is 70.9 cm³/mol. The van der Waals surface area contributed by atoms with Gasteiger partial charge in [0.05, 0.1) is 24.7 Å². The third kappa shape index (κ3) is 3.76. The van der Waals surface area contributed by atoms with Crippen LogP contribution in [0.15, 0.2) is 12.4 Å². The molecule has 0 aliphatic heterocycles. The molecular formula is C11H17ClN6O. The highest BCUT2D eigenvalue weighted by atomic mass is 35.5. The van der Waals surface area contributed by atoms with Crippen molar-refractivity contribution in [1.82, 2.24) is 29.9 Å². The Morgan fingerprint density at radius 1 is 1.47 bits per heavy atom. The summed E-state index contributed by atoms with van der Waals surface area (Å²) in [6, 6.07) is 0. The molecule has 0 spiro atoms. The maximum atomic E-state index is 5.93. The van der Waals surface area contributed by atoms with Gasteiger partial charge in [-0.25, -0.2) is 9.67 Å². The third-order valence-corrected chi connectivity index (χ3v) is 3.06. The van der Waals surface area contributed by atoms with Gasteiger partial charge in [0, 0.05) is 27.2 Å². The topological polar surface area (TPSA) is 69.8 Å². The van der Waals surface area contributed by atoms with E-state index in [0.29, 0.717) is 24.8 Å². The SMILES string of the molecule is COCCNCc1cn(Cc2ncc(Cl)n2C)nn1. The summed E-state index contributed by atoms with van der Waals surface area (Å²) in [6.07, 6.45) is 3.52. The van der Waals surface area contributed by atoms with Crippen LogP contribution in [0.25, 0.3) is 0 Å². The monoisotopic (exact) mass is 284 g/mol. The molecule has 0 unspecified atom stereocenters. The highest BCUT2D eigenvalue weighted by molar-refractivity contribution is 6.29. The third-order valence-electron chi connectivity index (χ3n) is 2.71. The van der Waals surface area contributed by atoms with Crippen LogP contribution in [0, 0.1) is 0 Å². The minimum absolute atomic E-state index is 0.550. The summed E-state index contributed by atoms with van der Waals surface area (Å²) in [4.78, 5) is 4.22. The minimum Gasteiger partial charge on any atom is -0.383 e. The molecule has 0 aliphatic rings. The van der Waals surface area contributed by atoms with Crippen LogP contribution in [0.2, 0.25) is 5.15 Å². The molecule has 8 heteroatoms. The fraction of sp³-hybridized carbons (Fsp3) is 0.545. The first-order valence-electron chi connectivity index (χ1n) is 5.95. The van der Waals surface area contributed by atoms with Crippen molar-refractivity contribution in [3.05, 3.63) is 29.1 Å². The number of nitrogens with zero attached hydrogens (tertiary/aromatic N) is 5. The predicted octanol–water partition coefficient (Wildman–Crippen LogP) is 0.449. The van der Waals surface area contributed by atoms with Crippen molar-refractivity contribution in [1.29, 1.82) is 0 Å². The van der Waals surface area contributed by atoms with E-state index in [4.69, 9.17) is 16.3 Å². The standard InChI is InChI=1S/C11H17ClN6O/c1-17-10(12)6-14-11(17)8-18-7-9(15-16-18)5-13-3-4-19-2/h6-7,13H,3-5,8H2,1-2H3. The van der Waals surface area contributed by atoms with Gasteiger partial charge in [-0.2, -0.15) is 0 Å². The number of nitrogens with one attached hydrogen (secondary N) is 1. The Morgan fingerprint density at radius 2 is 2.32 bits per heavy atom. The van der Waals surface area contributed by atoms with Gasteiger partial charge in [0.15, 0.2) is 0 Å². The quantitative estimate of drug-likeness (QED) is 0.748. The molecule has 0 fully saturated rings. The molecule has 1 N–H and O–H groups in total. The lowest BCUT2D eigenvalue weighted by Crippen LogP contribution is -2.18. The van der Waals surface area contributed by atoms with Crippen LogP contribution in [0.5, 0.6) is 0 Å². The van der Waals surface area contributed by atoms with Gasteiger partial charge in [-0.15, -0.1) is 5.10 Å². The number of rotatable bonds is 7. The maximum absolute atomic E-state index is 5.93. The zero-order valence-corrected chi connectivity index (χ0v) is 11.8. The molecule has 19 heavy (non-hydrogen) atoms.